The second kappa shape index (κ2) is 6.96. The number of hydrogen-bond acceptors (Lipinski definition) is 2. The van der Waals surface area contributed by atoms with Gasteiger partial charge in [-0.1, -0.05) is 23.2 Å². The summed E-state index contributed by atoms with van der Waals surface area (Å²) in [5.74, 6) is -1.69. The fourth-order valence-corrected chi connectivity index (χ4v) is 2.76. The highest BCUT2D eigenvalue weighted by atomic mass is 35.5. The minimum Gasteiger partial charge on any atom is -0.482 e. The number of ether oxygens (including phenoxy) is 1. The number of hydrogen-bond donors (Lipinski definition) is 0. The average Bonchev–Trinajstić information content (AvgIpc) is 2.45. The first kappa shape index (κ1) is 17.2. The summed E-state index contributed by atoms with van der Waals surface area (Å²) in [7, 11) is 0. The Balaban J connectivity index is 1.92. The summed E-state index contributed by atoms with van der Waals surface area (Å²) in [5.41, 5.74) is 0. The Kier molecular flexibility index (Phi) is 5.45. The van der Waals surface area contributed by atoms with E-state index in [0.717, 1.165) is 0 Å². The third kappa shape index (κ3) is 4.43. The van der Waals surface area contributed by atoms with Crippen LogP contribution >= 0.6 is 23.2 Å². The van der Waals surface area contributed by atoms with Crippen LogP contribution in [0.15, 0.2) is 18.2 Å². The fourth-order valence-electron chi connectivity index (χ4n) is 2.29. The number of amides is 1. The molecule has 3 nitrogen and oxygen atoms in total. The summed E-state index contributed by atoms with van der Waals surface area (Å²) < 4.78 is 43.4. The summed E-state index contributed by atoms with van der Waals surface area (Å²) >= 11 is 11.6. The van der Waals surface area contributed by atoms with Gasteiger partial charge in [-0.15, -0.1) is 0 Å². The van der Waals surface area contributed by atoms with Crippen LogP contribution in [0.25, 0.3) is 0 Å². The number of likely N-dealkylation sites (tertiary alicyclic amines) is 1. The van der Waals surface area contributed by atoms with E-state index in [2.05, 4.69) is 0 Å². The number of benzene rings is 1. The van der Waals surface area contributed by atoms with Crippen LogP contribution in [0.3, 0.4) is 0 Å². The number of piperidine rings is 1. The molecule has 122 valence electrons. The molecule has 0 aromatic heterocycles. The third-order valence-electron chi connectivity index (χ3n) is 3.48. The smallest absolute Gasteiger partial charge is 0.393 e. The van der Waals surface area contributed by atoms with E-state index in [1.807, 2.05) is 0 Å². The van der Waals surface area contributed by atoms with E-state index in [4.69, 9.17) is 27.9 Å². The minimum atomic E-state index is -4.28. The summed E-state index contributed by atoms with van der Waals surface area (Å²) in [6, 6.07) is 4.52. The van der Waals surface area contributed by atoms with Gasteiger partial charge < -0.3 is 9.64 Å². The molecule has 0 spiro atoms. The molecule has 1 aromatic carbocycles. The van der Waals surface area contributed by atoms with Gasteiger partial charge in [0.2, 0.25) is 0 Å². The van der Waals surface area contributed by atoms with E-state index in [0.29, 0.717) is 18.0 Å². The second-order valence-electron chi connectivity index (χ2n) is 5.08. The molecule has 1 aromatic rings. The highest BCUT2D eigenvalue weighted by molar-refractivity contribution is 6.35. The first-order valence-corrected chi connectivity index (χ1v) is 7.45. The quantitative estimate of drug-likeness (QED) is 0.814. The first-order chi connectivity index (χ1) is 10.3. The lowest BCUT2D eigenvalue weighted by atomic mass is 9.97. The van der Waals surface area contributed by atoms with E-state index >= 15 is 0 Å². The zero-order chi connectivity index (χ0) is 16.3. The molecule has 0 saturated carbocycles. The van der Waals surface area contributed by atoms with Crippen LogP contribution in [0.2, 0.25) is 10.0 Å². The molecule has 0 aliphatic carbocycles. The van der Waals surface area contributed by atoms with Crippen molar-refractivity contribution in [2.24, 2.45) is 5.92 Å². The molecule has 0 N–H and O–H groups in total. The number of carbonyl (C=O) groups is 1. The van der Waals surface area contributed by atoms with Gasteiger partial charge in [0.05, 0.1) is 10.9 Å². The Morgan fingerprint density at radius 1 is 1.36 bits per heavy atom. The van der Waals surface area contributed by atoms with Crippen molar-refractivity contribution >= 4 is 29.1 Å². The zero-order valence-corrected chi connectivity index (χ0v) is 13.0. The normalized spacial score (nSPS) is 19.1. The maximum absolute atomic E-state index is 12.7. The number of carbonyl (C=O) groups excluding carboxylic acids is 1. The molecule has 1 fully saturated rings. The van der Waals surface area contributed by atoms with Crippen molar-refractivity contribution in [1.29, 1.82) is 0 Å². The summed E-state index contributed by atoms with van der Waals surface area (Å²) in [4.78, 5) is 13.2. The monoisotopic (exact) mass is 355 g/mol. The van der Waals surface area contributed by atoms with Gasteiger partial charge >= 0.3 is 6.18 Å². The van der Waals surface area contributed by atoms with Crippen LogP contribution in [0.4, 0.5) is 13.2 Å². The summed E-state index contributed by atoms with van der Waals surface area (Å²) in [5, 5.41) is 0.667. The van der Waals surface area contributed by atoms with Crippen molar-refractivity contribution in [1.82, 2.24) is 4.90 Å². The lowest BCUT2D eigenvalue weighted by Crippen LogP contribution is -2.46. The Morgan fingerprint density at radius 3 is 2.73 bits per heavy atom. The molecular weight excluding hydrogens is 342 g/mol. The molecule has 1 aliphatic heterocycles. The van der Waals surface area contributed by atoms with E-state index in [1.54, 1.807) is 6.07 Å². The second-order valence-corrected chi connectivity index (χ2v) is 5.93. The molecule has 0 radical (unpaired) electrons. The SMILES string of the molecule is O=C(COc1ccc(Cl)cc1Cl)N1CCC[C@H](C(F)(F)F)C1. The van der Waals surface area contributed by atoms with E-state index in [-0.39, 0.29) is 30.3 Å². The maximum atomic E-state index is 12.7. The molecule has 2 rings (SSSR count). The van der Waals surface area contributed by atoms with Gasteiger partial charge in [-0.25, -0.2) is 0 Å². The third-order valence-corrected chi connectivity index (χ3v) is 4.01. The molecule has 1 atom stereocenters. The van der Waals surface area contributed by atoms with Crippen LogP contribution in [0.5, 0.6) is 5.75 Å². The predicted molar refractivity (Wildman–Crippen MR) is 77.3 cm³/mol. The molecule has 1 aliphatic rings. The molecule has 0 bridgehead atoms. The molecule has 1 saturated heterocycles. The van der Waals surface area contributed by atoms with Crippen molar-refractivity contribution in [2.75, 3.05) is 19.7 Å². The topological polar surface area (TPSA) is 29.5 Å². The first-order valence-electron chi connectivity index (χ1n) is 6.69. The Hall–Kier alpha value is -1.14. The van der Waals surface area contributed by atoms with Gasteiger partial charge in [-0.05, 0) is 31.0 Å². The molecular formula is C14H14Cl2F3NO2. The van der Waals surface area contributed by atoms with Crippen molar-refractivity contribution in [3.8, 4) is 5.75 Å². The lowest BCUT2D eigenvalue weighted by Gasteiger charge is -2.33. The molecule has 1 heterocycles. The lowest BCUT2D eigenvalue weighted by molar-refractivity contribution is -0.188. The van der Waals surface area contributed by atoms with Gasteiger partial charge in [-0.2, -0.15) is 13.2 Å². The average molecular weight is 356 g/mol. The number of alkyl halides is 3. The molecule has 8 heteroatoms. The predicted octanol–water partition coefficient (Wildman–Crippen LogP) is 4.17. The highest BCUT2D eigenvalue weighted by Gasteiger charge is 2.42. The Labute approximate surface area is 135 Å². The summed E-state index contributed by atoms with van der Waals surface area (Å²) in [6.07, 6.45) is -3.89. The van der Waals surface area contributed by atoms with Gasteiger partial charge in [0, 0.05) is 18.1 Å². The van der Waals surface area contributed by atoms with Crippen molar-refractivity contribution in [3.63, 3.8) is 0 Å². The fraction of sp³-hybridized carbons (Fsp3) is 0.500. The van der Waals surface area contributed by atoms with Crippen LogP contribution in [-0.4, -0.2) is 36.7 Å². The number of nitrogens with zero attached hydrogens (tertiary/aromatic N) is 1. The van der Waals surface area contributed by atoms with Gasteiger partial charge in [-0.3, -0.25) is 4.79 Å². The van der Waals surface area contributed by atoms with Crippen LogP contribution < -0.4 is 4.74 Å². The van der Waals surface area contributed by atoms with Gasteiger partial charge in [0.25, 0.3) is 5.91 Å². The zero-order valence-electron chi connectivity index (χ0n) is 11.5. The van der Waals surface area contributed by atoms with Gasteiger partial charge in [0.1, 0.15) is 5.75 Å². The van der Waals surface area contributed by atoms with Crippen molar-refractivity contribution in [3.05, 3.63) is 28.2 Å². The van der Waals surface area contributed by atoms with E-state index < -0.39 is 18.0 Å². The van der Waals surface area contributed by atoms with Crippen LogP contribution in [0.1, 0.15) is 12.8 Å². The Bertz CT molecular complexity index is 551. The van der Waals surface area contributed by atoms with Crippen molar-refractivity contribution < 1.29 is 22.7 Å². The summed E-state index contributed by atoms with van der Waals surface area (Å²) in [6.45, 7) is -0.366. The highest BCUT2D eigenvalue weighted by Crippen LogP contribution is 2.33. The van der Waals surface area contributed by atoms with Crippen molar-refractivity contribution in [2.45, 2.75) is 19.0 Å². The van der Waals surface area contributed by atoms with E-state index in [9.17, 15) is 18.0 Å². The largest absolute Gasteiger partial charge is 0.482 e. The standard InChI is InChI=1S/C14H14Cl2F3NO2/c15-10-3-4-12(11(16)6-10)22-8-13(21)20-5-1-2-9(7-20)14(17,18)19/h3-4,6,9H,1-2,5,7-8H2/t9-/m0/s1. The number of halogens is 5. The van der Waals surface area contributed by atoms with Gasteiger partial charge in [0.15, 0.2) is 6.61 Å². The number of rotatable bonds is 3. The molecule has 1 amide bonds. The van der Waals surface area contributed by atoms with Crippen LogP contribution in [-0.2, 0) is 4.79 Å². The van der Waals surface area contributed by atoms with Crippen LogP contribution in [0, 0.1) is 5.92 Å². The minimum absolute atomic E-state index is 0.0527. The maximum Gasteiger partial charge on any atom is 0.393 e. The molecule has 0 unspecified atom stereocenters. The Morgan fingerprint density at radius 2 is 2.09 bits per heavy atom. The molecule has 22 heavy (non-hydrogen) atoms. The van der Waals surface area contributed by atoms with E-state index in [1.165, 1.54) is 17.0 Å².